The number of benzene rings is 1. The number of aromatic amines is 1. The molecule has 1 atom stereocenters. The maximum Gasteiger partial charge on any atom is 0.188 e. The van der Waals surface area contributed by atoms with Crippen molar-refractivity contribution in [2.45, 2.75) is 45.7 Å². The molecular formula is C14H21N5. The molecule has 5 heteroatoms. The number of hydrogen-bond donors (Lipinski definition) is 2. The fourth-order valence-electron chi connectivity index (χ4n) is 1.97. The number of nitrogens with one attached hydrogen (secondary N) is 2. The van der Waals surface area contributed by atoms with Crippen LogP contribution in [-0.4, -0.2) is 20.6 Å². The highest BCUT2D eigenvalue weighted by Crippen LogP contribution is 2.14. The summed E-state index contributed by atoms with van der Waals surface area (Å²) in [6.45, 7) is 4.98. The molecule has 1 aromatic carbocycles. The number of H-pyrrole nitrogens is 1. The van der Waals surface area contributed by atoms with Crippen LogP contribution in [0.1, 0.15) is 49.7 Å². The maximum atomic E-state index is 3.92. The largest absolute Gasteiger partial charge is 0.303 e. The average Bonchev–Trinajstić information content (AvgIpc) is 2.96. The molecule has 0 aliphatic rings. The normalized spacial score (nSPS) is 12.5. The van der Waals surface area contributed by atoms with Crippen LogP contribution in [0.25, 0.3) is 0 Å². The third kappa shape index (κ3) is 4.13. The smallest absolute Gasteiger partial charge is 0.188 e. The number of unbranched alkanes of at least 4 members (excludes halogenated alkanes) is 1. The van der Waals surface area contributed by atoms with Gasteiger partial charge in [0.25, 0.3) is 0 Å². The number of aryl methyl sites for hydroxylation is 1. The summed E-state index contributed by atoms with van der Waals surface area (Å²) >= 11 is 0. The summed E-state index contributed by atoms with van der Waals surface area (Å²) in [4.78, 5) is 0. The highest BCUT2D eigenvalue weighted by molar-refractivity contribution is 5.24. The van der Waals surface area contributed by atoms with Crippen LogP contribution in [0.5, 0.6) is 0 Å². The zero-order valence-corrected chi connectivity index (χ0v) is 11.6. The summed E-state index contributed by atoms with van der Waals surface area (Å²) in [5.74, 6) is 0.686. The van der Waals surface area contributed by atoms with Crippen molar-refractivity contribution in [2.75, 3.05) is 0 Å². The first-order chi connectivity index (χ1) is 9.29. The predicted molar refractivity (Wildman–Crippen MR) is 74.5 cm³/mol. The molecule has 1 aromatic heterocycles. The molecule has 0 saturated carbocycles. The molecule has 2 aromatic rings. The van der Waals surface area contributed by atoms with Gasteiger partial charge in [0.2, 0.25) is 0 Å². The molecule has 0 spiro atoms. The topological polar surface area (TPSA) is 66.5 Å². The number of nitrogens with zero attached hydrogens (tertiary/aromatic N) is 3. The minimum Gasteiger partial charge on any atom is -0.303 e. The Morgan fingerprint density at radius 2 is 2.05 bits per heavy atom. The summed E-state index contributed by atoms with van der Waals surface area (Å²) in [6.07, 6.45) is 3.66. The summed E-state index contributed by atoms with van der Waals surface area (Å²) in [6, 6.07) is 9.10. The van der Waals surface area contributed by atoms with Gasteiger partial charge in [-0.05, 0) is 30.9 Å². The van der Waals surface area contributed by atoms with E-state index in [2.05, 4.69) is 64.1 Å². The predicted octanol–water partition coefficient (Wildman–Crippen LogP) is 2.39. The third-order valence-electron chi connectivity index (χ3n) is 3.25. The molecule has 1 heterocycles. The Morgan fingerprint density at radius 3 is 2.68 bits per heavy atom. The van der Waals surface area contributed by atoms with Gasteiger partial charge in [0.1, 0.15) is 0 Å². The molecule has 102 valence electrons. The number of hydrogen-bond acceptors (Lipinski definition) is 4. The van der Waals surface area contributed by atoms with Crippen molar-refractivity contribution in [3.63, 3.8) is 0 Å². The first-order valence-electron chi connectivity index (χ1n) is 6.84. The molecule has 0 amide bonds. The lowest BCUT2D eigenvalue weighted by molar-refractivity contribution is 0.559. The van der Waals surface area contributed by atoms with Gasteiger partial charge < -0.3 is 5.32 Å². The molecule has 5 nitrogen and oxygen atoms in total. The lowest BCUT2D eigenvalue weighted by Gasteiger charge is -2.13. The van der Waals surface area contributed by atoms with Gasteiger partial charge in [-0.15, -0.1) is 10.2 Å². The summed E-state index contributed by atoms with van der Waals surface area (Å²) < 4.78 is 0. The Bertz CT molecular complexity index is 463. The summed E-state index contributed by atoms with van der Waals surface area (Å²) in [7, 11) is 0. The average molecular weight is 259 g/mol. The monoisotopic (exact) mass is 259 g/mol. The number of rotatable bonds is 7. The van der Waals surface area contributed by atoms with Gasteiger partial charge in [0.05, 0.1) is 6.54 Å². The van der Waals surface area contributed by atoms with E-state index in [0.717, 1.165) is 0 Å². The van der Waals surface area contributed by atoms with Crippen LogP contribution in [0.4, 0.5) is 0 Å². The fourth-order valence-corrected chi connectivity index (χ4v) is 1.97. The van der Waals surface area contributed by atoms with Gasteiger partial charge in [-0.1, -0.05) is 42.8 Å². The van der Waals surface area contributed by atoms with Crippen LogP contribution >= 0.6 is 0 Å². The lowest BCUT2D eigenvalue weighted by atomic mass is 10.0. The van der Waals surface area contributed by atoms with Crippen molar-refractivity contribution in [3.05, 3.63) is 41.2 Å². The SMILES string of the molecule is CCCCc1ccc(C(C)NCc2nn[nH]n2)cc1. The van der Waals surface area contributed by atoms with Crippen LogP contribution in [0.3, 0.4) is 0 Å². The van der Waals surface area contributed by atoms with Crippen LogP contribution in [0.15, 0.2) is 24.3 Å². The zero-order chi connectivity index (χ0) is 13.5. The summed E-state index contributed by atoms with van der Waals surface area (Å²) in [5.41, 5.74) is 2.69. The molecule has 0 fully saturated rings. The van der Waals surface area contributed by atoms with Crippen molar-refractivity contribution in [1.29, 1.82) is 0 Å². The second-order valence-electron chi connectivity index (χ2n) is 4.78. The van der Waals surface area contributed by atoms with E-state index >= 15 is 0 Å². The first-order valence-corrected chi connectivity index (χ1v) is 6.84. The minimum atomic E-state index is 0.277. The van der Waals surface area contributed by atoms with E-state index < -0.39 is 0 Å². The second kappa shape index (κ2) is 6.99. The Labute approximate surface area is 113 Å². The highest BCUT2D eigenvalue weighted by Gasteiger charge is 2.06. The second-order valence-corrected chi connectivity index (χ2v) is 4.78. The molecule has 0 aliphatic heterocycles. The van der Waals surface area contributed by atoms with Crippen molar-refractivity contribution in [1.82, 2.24) is 25.9 Å². The van der Waals surface area contributed by atoms with Gasteiger partial charge in [-0.25, -0.2) is 0 Å². The fraction of sp³-hybridized carbons (Fsp3) is 0.500. The number of tetrazole rings is 1. The van der Waals surface area contributed by atoms with Crippen molar-refractivity contribution >= 4 is 0 Å². The van der Waals surface area contributed by atoms with Crippen molar-refractivity contribution in [3.8, 4) is 0 Å². The third-order valence-corrected chi connectivity index (χ3v) is 3.25. The van der Waals surface area contributed by atoms with Crippen LogP contribution in [-0.2, 0) is 13.0 Å². The molecular weight excluding hydrogens is 238 g/mol. The summed E-state index contributed by atoms with van der Waals surface area (Å²) in [5, 5.41) is 17.2. The Hall–Kier alpha value is -1.75. The zero-order valence-electron chi connectivity index (χ0n) is 11.6. The van der Waals surface area contributed by atoms with Gasteiger partial charge in [-0.3, -0.25) is 0 Å². The van der Waals surface area contributed by atoms with Crippen molar-refractivity contribution < 1.29 is 0 Å². The molecule has 2 N–H and O–H groups in total. The molecule has 0 radical (unpaired) electrons. The van der Waals surface area contributed by atoms with Crippen LogP contribution in [0.2, 0.25) is 0 Å². The number of aromatic nitrogens is 4. The molecule has 2 rings (SSSR count). The molecule has 0 aliphatic carbocycles. The standard InChI is InChI=1S/C14H21N5/c1-3-4-5-12-6-8-13(9-7-12)11(2)15-10-14-16-18-19-17-14/h6-9,11,15H,3-5,10H2,1-2H3,(H,16,17,18,19). The van der Waals surface area contributed by atoms with E-state index in [1.165, 1.54) is 30.4 Å². The maximum absolute atomic E-state index is 3.92. The Morgan fingerprint density at radius 1 is 1.26 bits per heavy atom. The van der Waals surface area contributed by atoms with Gasteiger partial charge >= 0.3 is 0 Å². The minimum absolute atomic E-state index is 0.277. The van der Waals surface area contributed by atoms with Crippen LogP contribution in [0, 0.1) is 0 Å². The first kappa shape index (κ1) is 13.7. The van der Waals surface area contributed by atoms with Gasteiger partial charge in [0.15, 0.2) is 5.82 Å². The van der Waals surface area contributed by atoms with Gasteiger partial charge in [-0.2, -0.15) is 5.21 Å². The van der Waals surface area contributed by atoms with E-state index in [9.17, 15) is 0 Å². The van der Waals surface area contributed by atoms with E-state index in [1.807, 2.05) is 0 Å². The Balaban J connectivity index is 1.86. The van der Waals surface area contributed by atoms with E-state index in [0.29, 0.717) is 12.4 Å². The molecule has 0 saturated heterocycles. The van der Waals surface area contributed by atoms with Crippen molar-refractivity contribution in [2.24, 2.45) is 0 Å². The highest BCUT2D eigenvalue weighted by atomic mass is 15.5. The Kier molecular flexibility index (Phi) is 5.03. The molecule has 0 bridgehead atoms. The molecule has 1 unspecified atom stereocenters. The van der Waals surface area contributed by atoms with Gasteiger partial charge in [0, 0.05) is 6.04 Å². The van der Waals surface area contributed by atoms with Crippen LogP contribution < -0.4 is 5.32 Å². The quantitative estimate of drug-likeness (QED) is 0.801. The van der Waals surface area contributed by atoms with E-state index in [4.69, 9.17) is 0 Å². The van der Waals surface area contributed by atoms with E-state index in [-0.39, 0.29) is 6.04 Å². The lowest BCUT2D eigenvalue weighted by Crippen LogP contribution is -2.18. The van der Waals surface area contributed by atoms with E-state index in [1.54, 1.807) is 0 Å². The molecule has 19 heavy (non-hydrogen) atoms.